The second-order valence-corrected chi connectivity index (χ2v) is 4.93. The Bertz CT molecular complexity index is 734. The fraction of sp³-hybridized carbons (Fsp3) is 0.188. The molecule has 1 unspecified atom stereocenters. The maximum absolute atomic E-state index is 13.1. The van der Waals surface area contributed by atoms with E-state index in [1.165, 1.54) is 24.3 Å². The Kier molecular flexibility index (Phi) is 4.70. The average molecular weight is 348 g/mol. The SMILES string of the molecule is O=C(c1ccccc1)C(O)c1ccc(C(F)(F)F)cc1C(F)(F)F. The largest absolute Gasteiger partial charge is 0.416 e. The summed E-state index contributed by atoms with van der Waals surface area (Å²) in [6, 6.07) is 7.75. The van der Waals surface area contributed by atoms with Gasteiger partial charge in [0.25, 0.3) is 0 Å². The summed E-state index contributed by atoms with van der Waals surface area (Å²) < 4.78 is 77.0. The van der Waals surface area contributed by atoms with Gasteiger partial charge in [-0.1, -0.05) is 36.4 Å². The Morgan fingerprint density at radius 2 is 1.46 bits per heavy atom. The highest BCUT2D eigenvalue weighted by Gasteiger charge is 2.40. The van der Waals surface area contributed by atoms with Crippen molar-refractivity contribution in [2.75, 3.05) is 0 Å². The number of rotatable bonds is 3. The van der Waals surface area contributed by atoms with Crippen LogP contribution in [0.15, 0.2) is 48.5 Å². The van der Waals surface area contributed by atoms with Crippen LogP contribution < -0.4 is 0 Å². The van der Waals surface area contributed by atoms with Crippen LogP contribution in [0.1, 0.15) is 33.2 Å². The third-order valence-corrected chi connectivity index (χ3v) is 3.29. The zero-order valence-corrected chi connectivity index (χ0v) is 11.8. The Hall–Kier alpha value is -2.35. The fourth-order valence-corrected chi connectivity index (χ4v) is 2.12. The van der Waals surface area contributed by atoms with Crippen molar-refractivity contribution in [2.24, 2.45) is 0 Å². The summed E-state index contributed by atoms with van der Waals surface area (Å²) in [7, 11) is 0. The van der Waals surface area contributed by atoms with Gasteiger partial charge in [0.05, 0.1) is 11.1 Å². The van der Waals surface area contributed by atoms with E-state index in [0.29, 0.717) is 12.1 Å². The van der Waals surface area contributed by atoms with E-state index in [1.54, 1.807) is 6.07 Å². The molecule has 1 N–H and O–H groups in total. The molecule has 2 rings (SSSR count). The first kappa shape index (κ1) is 18.0. The molecule has 0 spiro atoms. The number of Topliss-reactive ketones (excluding diaryl/α,β-unsaturated/α-hetero) is 1. The van der Waals surface area contributed by atoms with Crippen LogP contribution in [-0.2, 0) is 12.4 Å². The molecular weight excluding hydrogens is 338 g/mol. The third kappa shape index (κ3) is 3.76. The van der Waals surface area contributed by atoms with Crippen LogP contribution in [-0.4, -0.2) is 10.9 Å². The summed E-state index contributed by atoms with van der Waals surface area (Å²) in [6.45, 7) is 0. The van der Waals surface area contributed by atoms with E-state index < -0.39 is 40.9 Å². The number of benzene rings is 2. The molecule has 0 aliphatic heterocycles. The predicted molar refractivity (Wildman–Crippen MR) is 72.2 cm³/mol. The van der Waals surface area contributed by atoms with E-state index in [0.717, 1.165) is 0 Å². The van der Waals surface area contributed by atoms with Crippen molar-refractivity contribution in [3.05, 3.63) is 70.8 Å². The van der Waals surface area contributed by atoms with Gasteiger partial charge < -0.3 is 5.11 Å². The topological polar surface area (TPSA) is 37.3 Å². The minimum Gasteiger partial charge on any atom is -0.380 e. The minimum absolute atomic E-state index is 0.0574. The van der Waals surface area contributed by atoms with E-state index >= 15 is 0 Å². The van der Waals surface area contributed by atoms with E-state index in [2.05, 4.69) is 0 Å². The van der Waals surface area contributed by atoms with Crippen molar-refractivity contribution in [1.29, 1.82) is 0 Å². The molecule has 0 aliphatic carbocycles. The molecular formula is C16H10F6O2. The number of carbonyl (C=O) groups excluding carboxylic acids is 1. The summed E-state index contributed by atoms with van der Waals surface area (Å²) in [4.78, 5) is 12.1. The highest BCUT2D eigenvalue weighted by molar-refractivity contribution is 6.00. The van der Waals surface area contributed by atoms with Gasteiger partial charge in [0, 0.05) is 11.1 Å². The van der Waals surface area contributed by atoms with Gasteiger partial charge in [-0.05, 0) is 12.1 Å². The highest BCUT2D eigenvalue weighted by atomic mass is 19.4. The highest BCUT2D eigenvalue weighted by Crippen LogP contribution is 2.39. The molecule has 0 saturated heterocycles. The van der Waals surface area contributed by atoms with Crippen LogP contribution in [0.2, 0.25) is 0 Å². The monoisotopic (exact) mass is 348 g/mol. The summed E-state index contributed by atoms with van der Waals surface area (Å²) in [5.41, 5.74) is -4.20. The average Bonchev–Trinajstić information content (AvgIpc) is 2.52. The molecule has 0 saturated carbocycles. The molecule has 8 heteroatoms. The zero-order chi connectivity index (χ0) is 18.1. The number of carbonyl (C=O) groups is 1. The predicted octanol–water partition coefficient (Wildman–Crippen LogP) is 4.64. The summed E-state index contributed by atoms with van der Waals surface area (Å²) in [5.74, 6) is -1.04. The lowest BCUT2D eigenvalue weighted by molar-refractivity contribution is -0.143. The van der Waals surface area contributed by atoms with E-state index in [4.69, 9.17) is 0 Å². The molecule has 2 nitrogen and oxygen atoms in total. The minimum atomic E-state index is -5.16. The van der Waals surface area contributed by atoms with Crippen LogP contribution >= 0.6 is 0 Å². The summed E-state index contributed by atoms with van der Waals surface area (Å²) >= 11 is 0. The smallest absolute Gasteiger partial charge is 0.380 e. The van der Waals surface area contributed by atoms with E-state index in [9.17, 15) is 36.2 Å². The van der Waals surface area contributed by atoms with Gasteiger partial charge in [-0.3, -0.25) is 4.79 Å². The van der Waals surface area contributed by atoms with E-state index in [-0.39, 0.29) is 11.6 Å². The number of hydrogen-bond acceptors (Lipinski definition) is 2. The molecule has 0 amide bonds. The van der Waals surface area contributed by atoms with Crippen LogP contribution in [0.25, 0.3) is 0 Å². The quantitative estimate of drug-likeness (QED) is 0.648. The normalized spacial score (nSPS) is 13.6. The molecule has 2 aromatic rings. The maximum Gasteiger partial charge on any atom is 0.416 e. The molecule has 2 aromatic carbocycles. The summed E-state index contributed by atoms with van der Waals surface area (Å²) in [5, 5.41) is 9.95. The lowest BCUT2D eigenvalue weighted by Crippen LogP contribution is -2.19. The van der Waals surface area contributed by atoms with Gasteiger partial charge in [-0.2, -0.15) is 26.3 Å². The Labute approximate surface area is 132 Å². The lowest BCUT2D eigenvalue weighted by atomic mass is 9.94. The Morgan fingerprint density at radius 3 is 1.96 bits per heavy atom. The van der Waals surface area contributed by atoms with Crippen LogP contribution in [0.3, 0.4) is 0 Å². The standard InChI is InChI=1S/C16H10F6O2/c17-15(18,19)10-6-7-11(12(8-10)16(20,21)22)14(24)13(23)9-4-2-1-3-5-9/h1-8,14,24H. The van der Waals surface area contributed by atoms with Gasteiger partial charge in [0.1, 0.15) is 6.10 Å². The first-order valence-electron chi connectivity index (χ1n) is 6.57. The first-order chi connectivity index (χ1) is 11.0. The number of aliphatic hydroxyl groups excluding tert-OH is 1. The van der Waals surface area contributed by atoms with Gasteiger partial charge in [-0.15, -0.1) is 0 Å². The second kappa shape index (κ2) is 6.27. The fourth-order valence-electron chi connectivity index (χ4n) is 2.12. The molecule has 0 radical (unpaired) electrons. The number of halogens is 6. The molecule has 128 valence electrons. The van der Waals surface area contributed by atoms with Crippen molar-refractivity contribution in [1.82, 2.24) is 0 Å². The second-order valence-electron chi connectivity index (χ2n) is 4.93. The van der Waals surface area contributed by atoms with Gasteiger partial charge in [0.2, 0.25) is 0 Å². The molecule has 0 fully saturated rings. The van der Waals surface area contributed by atoms with E-state index in [1.807, 2.05) is 0 Å². The van der Waals surface area contributed by atoms with Gasteiger partial charge in [0.15, 0.2) is 5.78 Å². The maximum atomic E-state index is 13.1. The van der Waals surface area contributed by atoms with Crippen LogP contribution in [0, 0.1) is 0 Å². The van der Waals surface area contributed by atoms with Crippen molar-refractivity contribution < 1.29 is 36.2 Å². The van der Waals surface area contributed by atoms with Crippen molar-refractivity contribution in [3.8, 4) is 0 Å². The molecule has 0 aromatic heterocycles. The summed E-state index contributed by atoms with van der Waals surface area (Å²) in [6.07, 6.45) is -12.4. The van der Waals surface area contributed by atoms with Gasteiger partial charge >= 0.3 is 12.4 Å². The number of hydrogen-bond donors (Lipinski definition) is 1. The molecule has 0 bridgehead atoms. The third-order valence-electron chi connectivity index (χ3n) is 3.29. The number of aliphatic hydroxyl groups is 1. The van der Waals surface area contributed by atoms with Crippen molar-refractivity contribution in [2.45, 2.75) is 18.5 Å². The molecule has 24 heavy (non-hydrogen) atoms. The zero-order valence-electron chi connectivity index (χ0n) is 11.8. The Morgan fingerprint density at radius 1 is 0.875 bits per heavy atom. The van der Waals surface area contributed by atoms with Crippen LogP contribution in [0.4, 0.5) is 26.3 Å². The first-order valence-corrected chi connectivity index (χ1v) is 6.57. The number of ketones is 1. The Balaban J connectivity index is 2.51. The molecule has 0 aliphatic rings. The number of alkyl halides is 6. The van der Waals surface area contributed by atoms with Crippen LogP contribution in [0.5, 0.6) is 0 Å². The lowest BCUT2D eigenvalue weighted by Gasteiger charge is -2.19. The van der Waals surface area contributed by atoms with Gasteiger partial charge in [-0.25, -0.2) is 0 Å². The molecule has 0 heterocycles. The molecule has 1 atom stereocenters. The van der Waals surface area contributed by atoms with Crippen molar-refractivity contribution >= 4 is 5.78 Å². The van der Waals surface area contributed by atoms with Crippen molar-refractivity contribution in [3.63, 3.8) is 0 Å².